The Morgan fingerprint density at radius 2 is 2.00 bits per heavy atom. The maximum Gasteiger partial charge on any atom is 0.379 e. The average Bonchev–Trinajstić information content (AvgIpc) is 2.71. The molecule has 0 saturated heterocycles. The minimum absolute atomic E-state index is 0.0518. The third-order valence-electron chi connectivity index (χ3n) is 1.41. The van der Waals surface area contributed by atoms with Crippen LogP contribution in [0.2, 0.25) is 0 Å². The van der Waals surface area contributed by atoms with Gasteiger partial charge in [-0.2, -0.15) is 0 Å². The lowest BCUT2D eigenvalue weighted by molar-refractivity contribution is -0.603. The van der Waals surface area contributed by atoms with Gasteiger partial charge in [0.15, 0.2) is 3.57 Å². The van der Waals surface area contributed by atoms with E-state index in [1.165, 1.54) is 7.27 Å². The van der Waals surface area contributed by atoms with Gasteiger partial charge in [-0.05, 0) is 19.1 Å². The van der Waals surface area contributed by atoms with Gasteiger partial charge < -0.3 is 14.9 Å². The molecule has 0 bridgehead atoms. The van der Waals surface area contributed by atoms with Crippen molar-refractivity contribution in [3.8, 4) is 0 Å². The van der Waals surface area contributed by atoms with Crippen molar-refractivity contribution in [1.29, 1.82) is 0 Å². The molecular formula is C11H11IN2O2. The Kier molecular flexibility index (Phi) is 5.55. The Bertz CT molecular complexity index is 411. The van der Waals surface area contributed by atoms with Crippen LogP contribution in [0.5, 0.6) is 0 Å². The summed E-state index contributed by atoms with van der Waals surface area (Å²) in [5.41, 5.74) is 0. The summed E-state index contributed by atoms with van der Waals surface area (Å²) in [6, 6.07) is 10.5. The van der Waals surface area contributed by atoms with Crippen molar-refractivity contribution in [3.05, 3.63) is 50.1 Å². The van der Waals surface area contributed by atoms with Gasteiger partial charge in [0, 0.05) is 5.97 Å². The molecule has 1 aromatic heterocycles. The van der Waals surface area contributed by atoms with E-state index in [1.807, 2.05) is 12.3 Å². The van der Waals surface area contributed by atoms with Crippen LogP contribution in [0, 0.1) is 7.27 Å². The van der Waals surface area contributed by atoms with Crippen LogP contribution in [0.25, 0.3) is 0 Å². The lowest BCUT2D eigenvalue weighted by Gasteiger charge is -1.79. The van der Waals surface area contributed by atoms with Gasteiger partial charge in [-0.15, -0.1) is 0 Å². The molecule has 0 fully saturated rings. The van der Waals surface area contributed by atoms with E-state index >= 15 is 0 Å². The van der Waals surface area contributed by atoms with E-state index < -0.39 is 5.97 Å². The Labute approximate surface area is 104 Å². The first kappa shape index (κ1) is 12.7. The Balaban J connectivity index is 0.000000280. The van der Waals surface area contributed by atoms with Gasteiger partial charge in [-0.3, -0.25) is 0 Å². The fourth-order valence-electron chi connectivity index (χ4n) is 0.886. The van der Waals surface area contributed by atoms with Crippen LogP contribution in [0.3, 0.4) is 0 Å². The molecule has 0 saturated carbocycles. The van der Waals surface area contributed by atoms with E-state index in [0.29, 0.717) is 0 Å². The predicted octanol–water partition coefficient (Wildman–Crippen LogP) is -2.71. The fourth-order valence-corrected chi connectivity index (χ4v) is 2.93. The summed E-state index contributed by atoms with van der Waals surface area (Å²) in [6.07, 6.45) is 3.64. The van der Waals surface area contributed by atoms with Crippen molar-refractivity contribution in [2.75, 3.05) is 0 Å². The zero-order chi connectivity index (χ0) is 11.8. The van der Waals surface area contributed by atoms with E-state index in [4.69, 9.17) is 9.90 Å². The molecular weight excluding hydrogens is 319 g/mol. The normalized spacial score (nSPS) is 9.06. The molecule has 0 radical (unpaired) electrons. The smallest absolute Gasteiger partial charge is 0.379 e. The number of aromatic amines is 1. The van der Waals surface area contributed by atoms with Crippen LogP contribution in [0.1, 0.15) is 6.92 Å². The van der Waals surface area contributed by atoms with Gasteiger partial charge in [0.05, 0.1) is 6.33 Å². The highest BCUT2D eigenvalue weighted by Crippen LogP contribution is 1.82. The molecule has 1 aromatic carbocycles. The van der Waals surface area contributed by atoms with E-state index in [0.717, 1.165) is 6.92 Å². The highest BCUT2D eigenvalue weighted by molar-refractivity contribution is 5.60. The number of carboxylic acids is 1. The zero-order valence-electron chi connectivity index (χ0n) is 8.68. The van der Waals surface area contributed by atoms with Gasteiger partial charge in [-0.25, -0.2) is 4.98 Å². The molecule has 4 nitrogen and oxygen atoms in total. The monoisotopic (exact) mass is 330 g/mol. The number of carboxylic acid groups (broad SMARTS) is 1. The van der Waals surface area contributed by atoms with Crippen molar-refractivity contribution in [1.82, 2.24) is 9.97 Å². The molecule has 84 valence electrons. The summed E-state index contributed by atoms with van der Waals surface area (Å²) in [5.74, 6) is -1.08. The lowest BCUT2D eigenvalue weighted by atomic mass is 10.4. The van der Waals surface area contributed by atoms with Crippen LogP contribution in [-0.4, -0.2) is 15.9 Å². The number of carbonyl (C=O) groups excluding carboxylic acids is 1. The summed E-state index contributed by atoms with van der Waals surface area (Å²) in [4.78, 5) is 16.0. The first-order valence-corrected chi connectivity index (χ1v) is 6.70. The van der Waals surface area contributed by atoms with Crippen LogP contribution in [0.4, 0.5) is 0 Å². The van der Waals surface area contributed by atoms with Gasteiger partial charge in [-0.1, -0.05) is 18.2 Å². The second-order valence-corrected chi connectivity index (χ2v) is 5.73. The number of H-pyrrole nitrogens is 1. The Morgan fingerprint density at radius 1 is 1.38 bits per heavy atom. The maximum absolute atomic E-state index is 8.89. The molecule has 0 aliphatic heterocycles. The fraction of sp³-hybridized carbons (Fsp3) is 0.0909. The molecule has 0 unspecified atom stereocenters. The molecule has 0 atom stereocenters. The first-order valence-electron chi connectivity index (χ1n) is 4.54. The topological polar surface area (TPSA) is 68.8 Å². The minimum atomic E-state index is -1.08. The van der Waals surface area contributed by atoms with Crippen molar-refractivity contribution >= 4 is 5.97 Å². The molecule has 0 spiro atoms. The first-order chi connectivity index (χ1) is 7.68. The number of aliphatic carboxylic acids is 1. The summed E-state index contributed by atoms with van der Waals surface area (Å²) >= 11 is -0.0518. The highest BCUT2D eigenvalue weighted by Gasteiger charge is 2.15. The Hall–Kier alpha value is -1.37. The quantitative estimate of drug-likeness (QED) is 0.609. The molecule has 5 heteroatoms. The molecule has 1 N–H and O–H groups in total. The average molecular weight is 330 g/mol. The van der Waals surface area contributed by atoms with Gasteiger partial charge in [0.1, 0.15) is 6.20 Å². The largest absolute Gasteiger partial charge is 0.550 e. The van der Waals surface area contributed by atoms with E-state index in [-0.39, 0.29) is 21.2 Å². The van der Waals surface area contributed by atoms with Crippen molar-refractivity contribution in [3.63, 3.8) is 0 Å². The van der Waals surface area contributed by atoms with Crippen LogP contribution in [-0.2, 0) is 4.79 Å². The maximum atomic E-state index is 8.89. The lowest BCUT2D eigenvalue weighted by Crippen LogP contribution is -3.61. The third kappa shape index (κ3) is 5.50. The standard InChI is InChI=1S/C9H8IN2.C2H4O2/c1-2-4-8(5-3-1)10-9-6-11-7-12-9;1-2(3)4/h1-7H,(H,11,12);1H3,(H,3,4)/q+1;/p-1. The number of imidazole rings is 1. The second-order valence-electron chi connectivity index (χ2n) is 2.78. The van der Waals surface area contributed by atoms with Crippen LogP contribution < -0.4 is 26.3 Å². The molecule has 2 aromatic rings. The number of nitrogens with one attached hydrogen (secondary N) is 1. The summed E-state index contributed by atoms with van der Waals surface area (Å²) in [5, 5.41) is 8.89. The third-order valence-corrected chi connectivity index (χ3v) is 3.92. The zero-order valence-corrected chi connectivity index (χ0v) is 10.8. The van der Waals surface area contributed by atoms with Gasteiger partial charge in [0.2, 0.25) is 0 Å². The number of hydrogen-bond acceptors (Lipinski definition) is 3. The molecule has 0 aliphatic carbocycles. The van der Waals surface area contributed by atoms with Crippen molar-refractivity contribution < 1.29 is 31.1 Å². The molecule has 16 heavy (non-hydrogen) atoms. The number of aromatic nitrogens is 2. The second kappa shape index (κ2) is 7.00. The highest BCUT2D eigenvalue weighted by atomic mass is 127. The summed E-state index contributed by atoms with van der Waals surface area (Å²) in [7, 11) is 0. The Morgan fingerprint density at radius 3 is 2.50 bits per heavy atom. The summed E-state index contributed by atoms with van der Waals surface area (Å²) in [6.45, 7) is 0.972. The van der Waals surface area contributed by atoms with Crippen molar-refractivity contribution in [2.45, 2.75) is 6.92 Å². The molecule has 1 heterocycles. The predicted molar refractivity (Wildman–Crippen MR) is 53.1 cm³/mol. The van der Waals surface area contributed by atoms with Gasteiger partial charge >= 0.3 is 21.2 Å². The molecule has 0 amide bonds. The van der Waals surface area contributed by atoms with Crippen molar-refractivity contribution in [2.24, 2.45) is 0 Å². The molecule has 0 aliphatic rings. The van der Waals surface area contributed by atoms with Crippen LogP contribution >= 0.6 is 0 Å². The van der Waals surface area contributed by atoms with E-state index in [9.17, 15) is 0 Å². The number of rotatable bonds is 2. The summed E-state index contributed by atoms with van der Waals surface area (Å²) < 4.78 is 2.68. The number of carbonyl (C=O) groups is 1. The minimum Gasteiger partial charge on any atom is -0.550 e. The number of halogens is 1. The van der Waals surface area contributed by atoms with Gasteiger partial charge in [0.25, 0.3) is 3.70 Å². The SMILES string of the molecule is CC(=O)[O-].c1ccc([I+]c2cnc[nH]2)cc1. The van der Waals surface area contributed by atoms with E-state index in [1.54, 1.807) is 6.33 Å². The number of nitrogens with zero attached hydrogens (tertiary/aromatic N) is 1. The van der Waals surface area contributed by atoms with E-state index in [2.05, 4.69) is 34.2 Å². The number of hydrogen-bond donors (Lipinski definition) is 1. The van der Waals surface area contributed by atoms with Crippen LogP contribution in [0.15, 0.2) is 42.9 Å². The number of benzene rings is 1. The molecule has 2 rings (SSSR count).